The Kier molecular flexibility index (Phi) is 5.29. The fraction of sp³-hybridized carbons (Fsp3) is 0.208. The molecule has 33 heavy (non-hydrogen) atoms. The number of benzene rings is 2. The molecule has 1 aromatic heterocycles. The van der Waals surface area contributed by atoms with Gasteiger partial charge in [-0.25, -0.2) is 9.82 Å². The molecule has 0 saturated carbocycles. The maximum atomic E-state index is 13.1. The first-order chi connectivity index (χ1) is 16.0. The Balaban J connectivity index is 1.36. The van der Waals surface area contributed by atoms with E-state index >= 15 is 0 Å². The van der Waals surface area contributed by atoms with Crippen LogP contribution < -0.4 is 20.2 Å². The molecular formula is C24H20FN3O5. The summed E-state index contributed by atoms with van der Waals surface area (Å²) >= 11 is 0. The van der Waals surface area contributed by atoms with E-state index in [1.807, 2.05) is 0 Å². The lowest BCUT2D eigenvalue weighted by atomic mass is 9.93. The van der Waals surface area contributed by atoms with Gasteiger partial charge in [0.1, 0.15) is 11.6 Å². The summed E-state index contributed by atoms with van der Waals surface area (Å²) in [6, 6.07) is 10.3. The molecule has 0 saturated heterocycles. The molecule has 3 aromatic rings. The number of aryl methyl sites for hydroxylation is 1. The Morgan fingerprint density at radius 1 is 1.00 bits per heavy atom. The van der Waals surface area contributed by atoms with Crippen molar-refractivity contribution in [1.29, 1.82) is 0 Å². The third-order valence-electron chi connectivity index (χ3n) is 5.56. The van der Waals surface area contributed by atoms with Crippen LogP contribution in [0.1, 0.15) is 50.6 Å². The van der Waals surface area contributed by atoms with E-state index in [-0.39, 0.29) is 12.6 Å². The molecule has 1 aliphatic heterocycles. The number of rotatable bonds is 4. The first kappa shape index (κ1) is 20.7. The van der Waals surface area contributed by atoms with Crippen LogP contribution in [0.5, 0.6) is 11.5 Å². The molecule has 8 nitrogen and oxygen atoms in total. The summed E-state index contributed by atoms with van der Waals surface area (Å²) in [6.07, 6.45) is 2.06. The van der Waals surface area contributed by atoms with E-state index in [0.29, 0.717) is 52.6 Å². The number of anilines is 1. The predicted octanol–water partition coefficient (Wildman–Crippen LogP) is 4.18. The molecule has 2 aliphatic rings. The van der Waals surface area contributed by atoms with Gasteiger partial charge >= 0.3 is 0 Å². The average molecular weight is 449 g/mol. The van der Waals surface area contributed by atoms with Crippen molar-refractivity contribution >= 4 is 23.2 Å². The topological polar surface area (TPSA) is 102 Å². The van der Waals surface area contributed by atoms with Crippen molar-refractivity contribution in [2.24, 2.45) is 5.10 Å². The van der Waals surface area contributed by atoms with E-state index < -0.39 is 17.6 Å². The molecule has 168 valence electrons. The number of hydrazone groups is 1. The summed E-state index contributed by atoms with van der Waals surface area (Å²) in [5, 5.41) is 7.10. The lowest BCUT2D eigenvalue weighted by Crippen LogP contribution is -2.22. The minimum Gasteiger partial charge on any atom is -0.455 e. The highest BCUT2D eigenvalue weighted by Gasteiger charge is 2.28. The monoisotopic (exact) mass is 449 g/mol. The highest BCUT2D eigenvalue weighted by Crippen LogP contribution is 2.35. The quantitative estimate of drug-likeness (QED) is 0.582. The van der Waals surface area contributed by atoms with Crippen LogP contribution in [-0.2, 0) is 6.42 Å². The highest BCUT2D eigenvalue weighted by molar-refractivity contribution is 6.09. The molecule has 2 heterocycles. The van der Waals surface area contributed by atoms with Gasteiger partial charge in [0.15, 0.2) is 17.3 Å². The average Bonchev–Trinajstić information content (AvgIpc) is 3.42. The number of amides is 2. The molecule has 2 N–H and O–H groups in total. The molecule has 0 unspecified atom stereocenters. The number of nitrogens with one attached hydrogen (secondary N) is 2. The van der Waals surface area contributed by atoms with Gasteiger partial charge in [0.25, 0.3) is 11.8 Å². The summed E-state index contributed by atoms with van der Waals surface area (Å²) in [4.78, 5) is 25.3. The van der Waals surface area contributed by atoms with Crippen LogP contribution in [0.2, 0.25) is 0 Å². The summed E-state index contributed by atoms with van der Waals surface area (Å²) in [5.74, 6) is 0.777. The van der Waals surface area contributed by atoms with E-state index in [4.69, 9.17) is 13.9 Å². The second-order valence-corrected chi connectivity index (χ2v) is 7.74. The third-order valence-corrected chi connectivity index (χ3v) is 5.56. The van der Waals surface area contributed by atoms with Crippen molar-refractivity contribution in [2.75, 3.05) is 12.1 Å². The van der Waals surface area contributed by atoms with Gasteiger partial charge in [-0.15, -0.1) is 0 Å². The minimum absolute atomic E-state index is 0.149. The second-order valence-electron chi connectivity index (χ2n) is 7.74. The molecule has 2 aromatic carbocycles. The zero-order valence-electron chi connectivity index (χ0n) is 17.7. The number of hydrogen-bond donors (Lipinski definition) is 2. The minimum atomic E-state index is -0.448. The number of hydrogen-bond acceptors (Lipinski definition) is 6. The smallest absolute Gasteiger partial charge is 0.291 e. The standard InChI is InChI=1S/C24H20FN3O5/c1-13-21-17(27-28-23(29)14-5-7-15(25)8-6-14)3-2-4-19(21)33-22(13)24(30)26-16-9-10-18-20(11-16)32-12-31-18/h5-11H,2-4,12H2,1H3,(H,26,30)(H,28,29)/b27-17+. The molecule has 2 amide bonds. The highest BCUT2D eigenvalue weighted by atomic mass is 19.1. The molecule has 0 atom stereocenters. The molecule has 0 bridgehead atoms. The van der Waals surface area contributed by atoms with E-state index in [0.717, 1.165) is 12.0 Å². The van der Waals surface area contributed by atoms with Crippen molar-refractivity contribution in [2.45, 2.75) is 26.2 Å². The Morgan fingerprint density at radius 2 is 1.79 bits per heavy atom. The Morgan fingerprint density at radius 3 is 2.61 bits per heavy atom. The number of nitrogens with zero attached hydrogens (tertiary/aromatic N) is 1. The summed E-state index contributed by atoms with van der Waals surface area (Å²) in [7, 11) is 0. The largest absolute Gasteiger partial charge is 0.455 e. The fourth-order valence-corrected chi connectivity index (χ4v) is 3.94. The van der Waals surface area contributed by atoms with Gasteiger partial charge in [-0.3, -0.25) is 9.59 Å². The summed E-state index contributed by atoms with van der Waals surface area (Å²) < 4.78 is 29.6. The zero-order chi connectivity index (χ0) is 22.9. The van der Waals surface area contributed by atoms with Crippen LogP contribution in [0.4, 0.5) is 10.1 Å². The van der Waals surface area contributed by atoms with Crippen LogP contribution in [0.3, 0.4) is 0 Å². The Labute approximate surface area is 188 Å². The van der Waals surface area contributed by atoms with Crippen molar-refractivity contribution in [3.05, 3.63) is 76.5 Å². The van der Waals surface area contributed by atoms with Crippen molar-refractivity contribution < 1.29 is 27.9 Å². The van der Waals surface area contributed by atoms with Crippen LogP contribution >= 0.6 is 0 Å². The van der Waals surface area contributed by atoms with Gasteiger partial charge in [-0.1, -0.05) is 0 Å². The van der Waals surface area contributed by atoms with Gasteiger partial charge in [-0.05, 0) is 56.2 Å². The lowest BCUT2D eigenvalue weighted by Gasteiger charge is -2.13. The maximum absolute atomic E-state index is 13.1. The molecule has 9 heteroatoms. The van der Waals surface area contributed by atoms with Gasteiger partial charge < -0.3 is 19.2 Å². The molecule has 5 rings (SSSR count). The zero-order valence-corrected chi connectivity index (χ0v) is 17.7. The van der Waals surface area contributed by atoms with Gasteiger partial charge in [0, 0.05) is 34.9 Å². The van der Waals surface area contributed by atoms with Crippen LogP contribution in [-0.4, -0.2) is 24.3 Å². The van der Waals surface area contributed by atoms with E-state index in [2.05, 4.69) is 15.8 Å². The van der Waals surface area contributed by atoms with Gasteiger partial charge in [-0.2, -0.15) is 5.10 Å². The normalized spacial score (nSPS) is 15.3. The summed E-state index contributed by atoms with van der Waals surface area (Å²) in [5.41, 5.74) is 5.38. The Hall–Kier alpha value is -4.14. The van der Waals surface area contributed by atoms with Crippen molar-refractivity contribution in [3.63, 3.8) is 0 Å². The third kappa shape index (κ3) is 4.05. The van der Waals surface area contributed by atoms with E-state index in [9.17, 15) is 14.0 Å². The molecule has 1 aliphatic carbocycles. The number of halogens is 1. The molecule has 0 spiro atoms. The van der Waals surface area contributed by atoms with Crippen molar-refractivity contribution in [1.82, 2.24) is 5.43 Å². The number of furan rings is 1. The van der Waals surface area contributed by atoms with Gasteiger partial charge in [0.2, 0.25) is 6.79 Å². The maximum Gasteiger partial charge on any atom is 0.291 e. The first-order valence-corrected chi connectivity index (χ1v) is 10.5. The number of carbonyl (C=O) groups is 2. The molecule has 0 fully saturated rings. The van der Waals surface area contributed by atoms with Crippen molar-refractivity contribution in [3.8, 4) is 11.5 Å². The second kappa shape index (κ2) is 8.42. The predicted molar refractivity (Wildman–Crippen MR) is 117 cm³/mol. The van der Waals surface area contributed by atoms with E-state index in [1.165, 1.54) is 24.3 Å². The number of ether oxygens (including phenoxy) is 2. The lowest BCUT2D eigenvalue weighted by molar-refractivity contribution is 0.0953. The Bertz CT molecular complexity index is 1280. The first-order valence-electron chi connectivity index (χ1n) is 10.5. The molecule has 0 radical (unpaired) electrons. The summed E-state index contributed by atoms with van der Waals surface area (Å²) in [6.45, 7) is 1.94. The van der Waals surface area contributed by atoms with Crippen LogP contribution in [0.25, 0.3) is 0 Å². The molecular weight excluding hydrogens is 429 g/mol. The van der Waals surface area contributed by atoms with Gasteiger partial charge in [0.05, 0.1) is 5.71 Å². The number of fused-ring (bicyclic) bond motifs is 2. The van der Waals surface area contributed by atoms with E-state index in [1.54, 1.807) is 25.1 Å². The SMILES string of the molecule is Cc1c(C(=O)Nc2ccc3c(c2)OCO3)oc2c1/C(=N/NC(=O)c1ccc(F)cc1)CCC2. The number of carbonyl (C=O) groups excluding carboxylic acids is 2. The van der Waals surface area contributed by atoms with Crippen LogP contribution in [0, 0.1) is 12.7 Å². The fourth-order valence-electron chi connectivity index (χ4n) is 3.94. The van der Waals surface area contributed by atoms with Crippen LogP contribution in [0.15, 0.2) is 52.0 Å².